The van der Waals surface area contributed by atoms with Gasteiger partial charge in [0.05, 0.1) is 0 Å². The highest BCUT2D eigenvalue weighted by Gasteiger charge is 2.54. The van der Waals surface area contributed by atoms with Crippen molar-refractivity contribution in [3.63, 3.8) is 0 Å². The van der Waals surface area contributed by atoms with Crippen molar-refractivity contribution in [3.8, 4) is 0 Å². The lowest BCUT2D eigenvalue weighted by Gasteiger charge is -2.40. The van der Waals surface area contributed by atoms with Crippen molar-refractivity contribution in [2.75, 3.05) is 0 Å². The fourth-order valence-corrected chi connectivity index (χ4v) is 5.74. The summed E-state index contributed by atoms with van der Waals surface area (Å²) in [6.07, 6.45) is 10.8. The maximum absolute atomic E-state index is 2.44. The Kier molecular flexibility index (Phi) is 1.97. The molecule has 0 spiro atoms. The molecule has 3 aliphatic rings. The minimum absolute atomic E-state index is 0.936. The van der Waals surface area contributed by atoms with Gasteiger partial charge in [-0.1, -0.05) is 18.6 Å². The molecule has 5 atom stereocenters. The van der Waals surface area contributed by atoms with Crippen LogP contribution in [0.1, 0.15) is 32.6 Å². The molecular weight excluding hydrogens is 176 g/mol. The summed E-state index contributed by atoms with van der Waals surface area (Å²) in [6, 6.07) is 0. The number of hydrogen-bond donors (Lipinski definition) is 0. The molecular formula is C12H18S. The van der Waals surface area contributed by atoms with Crippen molar-refractivity contribution in [1.29, 1.82) is 0 Å². The molecule has 5 unspecified atom stereocenters. The van der Waals surface area contributed by atoms with Gasteiger partial charge < -0.3 is 0 Å². The number of hydrogen-bond acceptors (Lipinski definition) is 1. The molecule has 1 aliphatic heterocycles. The third-order valence-corrected chi connectivity index (χ3v) is 6.16. The summed E-state index contributed by atoms with van der Waals surface area (Å²) in [6.45, 7) is 2.16. The van der Waals surface area contributed by atoms with Gasteiger partial charge in [-0.05, 0) is 43.9 Å². The second kappa shape index (κ2) is 3.05. The van der Waals surface area contributed by atoms with Crippen molar-refractivity contribution in [2.45, 2.75) is 43.1 Å². The molecule has 0 aromatic rings. The summed E-state index contributed by atoms with van der Waals surface area (Å²) in [5, 5.41) is 2.08. The quantitative estimate of drug-likeness (QED) is 0.576. The van der Waals surface area contributed by atoms with Crippen molar-refractivity contribution >= 4 is 11.8 Å². The Morgan fingerprint density at radius 1 is 1.23 bits per heavy atom. The Balaban J connectivity index is 1.71. The van der Waals surface area contributed by atoms with Gasteiger partial charge in [0.25, 0.3) is 0 Å². The van der Waals surface area contributed by atoms with E-state index in [9.17, 15) is 0 Å². The van der Waals surface area contributed by atoms with E-state index in [-0.39, 0.29) is 0 Å². The third-order valence-electron chi connectivity index (χ3n) is 4.21. The monoisotopic (exact) mass is 194 g/mol. The lowest BCUT2D eigenvalue weighted by Crippen LogP contribution is -2.37. The first kappa shape index (κ1) is 8.40. The Morgan fingerprint density at radius 2 is 2.15 bits per heavy atom. The second-order valence-electron chi connectivity index (χ2n) is 4.82. The van der Waals surface area contributed by atoms with Crippen molar-refractivity contribution in [1.82, 2.24) is 0 Å². The molecule has 0 aromatic carbocycles. The molecule has 13 heavy (non-hydrogen) atoms. The smallest absolute Gasteiger partial charge is 0.0144 e. The van der Waals surface area contributed by atoms with Crippen LogP contribution in [0.2, 0.25) is 0 Å². The van der Waals surface area contributed by atoms with E-state index in [0.717, 1.165) is 28.3 Å². The van der Waals surface area contributed by atoms with Gasteiger partial charge in [-0.25, -0.2) is 0 Å². The molecule has 3 fully saturated rings. The molecule has 2 saturated carbocycles. The lowest BCUT2D eigenvalue weighted by atomic mass is 9.68. The first-order chi connectivity index (χ1) is 6.40. The van der Waals surface area contributed by atoms with Crippen LogP contribution in [-0.2, 0) is 0 Å². The predicted molar refractivity (Wildman–Crippen MR) is 58.9 cm³/mol. The van der Waals surface area contributed by atoms with E-state index in [2.05, 4.69) is 30.8 Å². The van der Waals surface area contributed by atoms with Crippen molar-refractivity contribution in [3.05, 3.63) is 12.2 Å². The molecule has 0 amide bonds. The van der Waals surface area contributed by atoms with Gasteiger partial charge in [-0.3, -0.25) is 0 Å². The Labute approximate surface area is 85.2 Å². The van der Waals surface area contributed by atoms with Gasteiger partial charge in [0.1, 0.15) is 0 Å². The van der Waals surface area contributed by atoms with E-state index in [4.69, 9.17) is 0 Å². The van der Waals surface area contributed by atoms with E-state index < -0.39 is 0 Å². The molecule has 0 bridgehead atoms. The van der Waals surface area contributed by atoms with Crippen LogP contribution in [0.3, 0.4) is 0 Å². The molecule has 0 aromatic heterocycles. The predicted octanol–water partition coefficient (Wildman–Crippen LogP) is 3.48. The first-order valence-corrected chi connectivity index (χ1v) is 6.62. The van der Waals surface area contributed by atoms with Gasteiger partial charge in [0.2, 0.25) is 0 Å². The van der Waals surface area contributed by atoms with Gasteiger partial charge >= 0.3 is 0 Å². The molecule has 1 heteroatoms. The minimum atomic E-state index is 0.936. The Bertz CT molecular complexity index is 233. The summed E-state index contributed by atoms with van der Waals surface area (Å²) < 4.78 is 0. The summed E-state index contributed by atoms with van der Waals surface area (Å²) in [5.74, 6) is 3.17. The Morgan fingerprint density at radius 3 is 3.00 bits per heavy atom. The van der Waals surface area contributed by atoms with Crippen molar-refractivity contribution in [2.24, 2.45) is 17.8 Å². The van der Waals surface area contributed by atoms with E-state index in [0.29, 0.717) is 0 Å². The summed E-state index contributed by atoms with van der Waals surface area (Å²) >= 11 is 2.33. The first-order valence-electron chi connectivity index (χ1n) is 5.68. The topological polar surface area (TPSA) is 0 Å². The van der Waals surface area contributed by atoms with E-state index in [1.165, 1.54) is 19.3 Å². The third kappa shape index (κ3) is 1.12. The zero-order valence-corrected chi connectivity index (χ0v) is 9.09. The van der Waals surface area contributed by atoms with Crippen LogP contribution >= 0.6 is 11.8 Å². The normalized spacial score (nSPS) is 53.5. The number of fused-ring (bicyclic) bond motifs is 3. The highest BCUT2D eigenvalue weighted by atomic mass is 32.2. The largest absolute Gasteiger partial charge is 0.154 e. The average Bonchev–Trinajstić information content (AvgIpc) is 2.63. The van der Waals surface area contributed by atoms with E-state index in [1.807, 2.05) is 0 Å². The van der Waals surface area contributed by atoms with Crippen LogP contribution in [-0.4, -0.2) is 10.5 Å². The van der Waals surface area contributed by atoms with Crippen LogP contribution in [0.25, 0.3) is 0 Å². The highest BCUT2D eigenvalue weighted by Crippen LogP contribution is 2.61. The Hall–Kier alpha value is 0.0900. The molecule has 0 N–H and O–H groups in total. The maximum atomic E-state index is 2.44. The molecule has 0 radical (unpaired) electrons. The molecule has 72 valence electrons. The fourth-order valence-electron chi connectivity index (χ4n) is 3.57. The minimum Gasteiger partial charge on any atom is -0.154 e. The fraction of sp³-hybridized carbons (Fsp3) is 0.833. The summed E-state index contributed by atoms with van der Waals surface area (Å²) in [5.41, 5.74) is 0. The zero-order chi connectivity index (χ0) is 8.84. The maximum Gasteiger partial charge on any atom is 0.0144 e. The molecule has 2 aliphatic carbocycles. The summed E-state index contributed by atoms with van der Waals surface area (Å²) in [4.78, 5) is 0. The molecule has 3 rings (SSSR count). The lowest BCUT2D eigenvalue weighted by molar-refractivity contribution is 0.193. The van der Waals surface area contributed by atoms with Crippen LogP contribution in [0, 0.1) is 17.8 Å². The molecule has 1 heterocycles. The van der Waals surface area contributed by atoms with Crippen molar-refractivity contribution < 1.29 is 0 Å². The SMILES string of the molecule is C/C=C/C1CC2C3CCCC3SC12. The summed E-state index contributed by atoms with van der Waals surface area (Å²) in [7, 11) is 0. The van der Waals surface area contributed by atoms with Crippen LogP contribution in [0.15, 0.2) is 12.2 Å². The highest BCUT2D eigenvalue weighted by molar-refractivity contribution is 8.00. The average molecular weight is 194 g/mol. The van der Waals surface area contributed by atoms with Gasteiger partial charge in [-0.2, -0.15) is 11.8 Å². The standard InChI is InChI=1S/C12H18S/c1-2-4-8-7-10-9-5-3-6-11(9)13-12(8)10/h2,4,8-12H,3,5-7H2,1H3/b4-2+. The van der Waals surface area contributed by atoms with Gasteiger partial charge in [0.15, 0.2) is 0 Å². The van der Waals surface area contributed by atoms with E-state index >= 15 is 0 Å². The zero-order valence-electron chi connectivity index (χ0n) is 8.28. The number of allylic oxidation sites excluding steroid dienone is 2. The van der Waals surface area contributed by atoms with E-state index in [1.54, 1.807) is 6.42 Å². The second-order valence-corrected chi connectivity index (χ2v) is 6.25. The van der Waals surface area contributed by atoms with Gasteiger partial charge in [0, 0.05) is 10.5 Å². The van der Waals surface area contributed by atoms with Crippen LogP contribution < -0.4 is 0 Å². The van der Waals surface area contributed by atoms with Crippen LogP contribution in [0.4, 0.5) is 0 Å². The number of thioether (sulfide) groups is 1. The van der Waals surface area contributed by atoms with Crippen LogP contribution in [0.5, 0.6) is 0 Å². The molecule has 1 saturated heterocycles. The van der Waals surface area contributed by atoms with Gasteiger partial charge in [-0.15, -0.1) is 0 Å². The molecule has 0 nitrogen and oxygen atoms in total. The number of rotatable bonds is 1.